The largest absolute Gasteiger partial charge is 0.490 e. The molecule has 3 rings (SSSR count). The van der Waals surface area contributed by atoms with E-state index in [1.165, 1.54) is 12.8 Å². The highest BCUT2D eigenvalue weighted by molar-refractivity contribution is 6.32. The number of rotatable bonds is 2. The van der Waals surface area contributed by atoms with Crippen LogP contribution in [0.15, 0.2) is 12.1 Å². The van der Waals surface area contributed by atoms with Gasteiger partial charge in [0, 0.05) is 16.9 Å². The fourth-order valence-electron chi connectivity index (χ4n) is 3.72. The highest BCUT2D eigenvalue weighted by Crippen LogP contribution is 2.54. The molecule has 2 saturated carbocycles. The standard InChI is InChI=1S/C16H21ClO2/c1-10-7-12(8-11(2)15(10)17)19-14-9-13(18)16(14)5-3-4-6-16/h7-8,13-14,18H,3-6,9H2,1-2H3. The molecule has 1 N–H and O–H groups in total. The SMILES string of the molecule is Cc1cc(OC2CC(O)C23CCCC3)cc(C)c1Cl. The van der Waals surface area contributed by atoms with Crippen LogP contribution < -0.4 is 4.74 Å². The third kappa shape index (κ3) is 2.05. The van der Waals surface area contributed by atoms with Crippen LogP contribution in [0.4, 0.5) is 0 Å². The van der Waals surface area contributed by atoms with Crippen LogP contribution in [0.2, 0.25) is 5.02 Å². The normalized spacial score (nSPS) is 28.4. The molecule has 104 valence electrons. The molecular formula is C16H21ClO2. The molecule has 2 unspecified atom stereocenters. The van der Waals surface area contributed by atoms with Gasteiger partial charge in [-0.15, -0.1) is 0 Å². The van der Waals surface area contributed by atoms with E-state index in [1.54, 1.807) is 0 Å². The van der Waals surface area contributed by atoms with Crippen LogP contribution in [0, 0.1) is 19.3 Å². The van der Waals surface area contributed by atoms with Gasteiger partial charge in [-0.3, -0.25) is 0 Å². The number of aliphatic hydroxyl groups is 1. The van der Waals surface area contributed by atoms with Gasteiger partial charge in [0.05, 0.1) is 6.10 Å². The van der Waals surface area contributed by atoms with E-state index in [0.717, 1.165) is 41.2 Å². The molecular weight excluding hydrogens is 260 g/mol. The van der Waals surface area contributed by atoms with Gasteiger partial charge in [-0.2, -0.15) is 0 Å². The van der Waals surface area contributed by atoms with Gasteiger partial charge in [0.15, 0.2) is 0 Å². The van der Waals surface area contributed by atoms with Crippen molar-refractivity contribution in [2.45, 2.75) is 58.2 Å². The molecule has 0 radical (unpaired) electrons. The van der Waals surface area contributed by atoms with Gasteiger partial charge in [0.25, 0.3) is 0 Å². The Balaban J connectivity index is 1.79. The van der Waals surface area contributed by atoms with Crippen molar-refractivity contribution in [3.8, 4) is 5.75 Å². The van der Waals surface area contributed by atoms with Gasteiger partial charge in [0.1, 0.15) is 11.9 Å². The minimum atomic E-state index is -0.172. The summed E-state index contributed by atoms with van der Waals surface area (Å²) in [5.41, 5.74) is 2.13. The molecule has 1 spiro atoms. The van der Waals surface area contributed by atoms with Gasteiger partial charge < -0.3 is 9.84 Å². The Morgan fingerprint density at radius 2 is 1.79 bits per heavy atom. The van der Waals surface area contributed by atoms with Gasteiger partial charge >= 0.3 is 0 Å². The van der Waals surface area contributed by atoms with E-state index in [9.17, 15) is 5.11 Å². The number of hydrogen-bond donors (Lipinski definition) is 1. The summed E-state index contributed by atoms with van der Waals surface area (Å²) in [5.74, 6) is 0.891. The number of halogens is 1. The summed E-state index contributed by atoms with van der Waals surface area (Å²) in [6.45, 7) is 4.01. The molecule has 2 aliphatic rings. The summed E-state index contributed by atoms with van der Waals surface area (Å²) < 4.78 is 6.16. The predicted molar refractivity (Wildman–Crippen MR) is 76.9 cm³/mol. The summed E-state index contributed by atoms with van der Waals surface area (Å²) in [4.78, 5) is 0. The quantitative estimate of drug-likeness (QED) is 0.886. The summed E-state index contributed by atoms with van der Waals surface area (Å²) in [6.07, 6.45) is 5.40. The first-order chi connectivity index (χ1) is 9.03. The Kier molecular flexibility index (Phi) is 3.26. The van der Waals surface area contributed by atoms with Crippen LogP contribution >= 0.6 is 11.6 Å². The molecule has 0 bridgehead atoms. The van der Waals surface area contributed by atoms with E-state index in [1.807, 2.05) is 26.0 Å². The van der Waals surface area contributed by atoms with Crippen molar-refractivity contribution in [2.75, 3.05) is 0 Å². The molecule has 0 heterocycles. The van der Waals surface area contributed by atoms with Crippen molar-refractivity contribution in [3.63, 3.8) is 0 Å². The number of ether oxygens (including phenoxy) is 1. The molecule has 1 aromatic rings. The van der Waals surface area contributed by atoms with Crippen LogP contribution in [0.1, 0.15) is 43.2 Å². The zero-order valence-electron chi connectivity index (χ0n) is 11.6. The van der Waals surface area contributed by atoms with Crippen LogP contribution in [-0.2, 0) is 0 Å². The lowest BCUT2D eigenvalue weighted by Gasteiger charge is -2.51. The van der Waals surface area contributed by atoms with Crippen molar-refractivity contribution in [3.05, 3.63) is 28.3 Å². The van der Waals surface area contributed by atoms with Crippen LogP contribution in [0.3, 0.4) is 0 Å². The number of hydrogen-bond acceptors (Lipinski definition) is 2. The third-order valence-electron chi connectivity index (χ3n) is 4.96. The van der Waals surface area contributed by atoms with Crippen LogP contribution in [0.5, 0.6) is 5.75 Å². The zero-order chi connectivity index (χ0) is 13.6. The van der Waals surface area contributed by atoms with E-state index < -0.39 is 0 Å². The molecule has 0 saturated heterocycles. The lowest BCUT2D eigenvalue weighted by Crippen LogP contribution is -2.58. The van der Waals surface area contributed by atoms with Gasteiger partial charge in [-0.05, 0) is 49.9 Å². The van der Waals surface area contributed by atoms with E-state index in [2.05, 4.69) is 0 Å². The highest BCUT2D eigenvalue weighted by atomic mass is 35.5. The second kappa shape index (κ2) is 4.68. The van der Waals surface area contributed by atoms with Gasteiger partial charge in [-0.25, -0.2) is 0 Å². The van der Waals surface area contributed by atoms with Crippen molar-refractivity contribution < 1.29 is 9.84 Å². The molecule has 19 heavy (non-hydrogen) atoms. The third-order valence-corrected chi connectivity index (χ3v) is 5.56. The number of aryl methyl sites for hydroxylation is 2. The number of aliphatic hydroxyl groups excluding tert-OH is 1. The fourth-order valence-corrected chi connectivity index (χ4v) is 3.83. The van der Waals surface area contributed by atoms with E-state index >= 15 is 0 Å². The predicted octanol–water partition coefficient (Wildman–Crippen LogP) is 4.03. The Morgan fingerprint density at radius 3 is 2.32 bits per heavy atom. The minimum absolute atomic E-state index is 0.0292. The van der Waals surface area contributed by atoms with E-state index in [-0.39, 0.29) is 17.6 Å². The smallest absolute Gasteiger partial charge is 0.120 e. The molecule has 3 heteroatoms. The minimum Gasteiger partial charge on any atom is -0.490 e. The average Bonchev–Trinajstić information content (AvgIpc) is 2.88. The molecule has 2 nitrogen and oxygen atoms in total. The maximum absolute atomic E-state index is 10.1. The number of benzene rings is 1. The maximum atomic E-state index is 10.1. The lowest BCUT2D eigenvalue weighted by atomic mass is 9.62. The van der Waals surface area contributed by atoms with E-state index in [0.29, 0.717) is 0 Å². The summed E-state index contributed by atoms with van der Waals surface area (Å²) >= 11 is 6.18. The molecule has 1 aromatic carbocycles. The zero-order valence-corrected chi connectivity index (χ0v) is 12.3. The van der Waals surface area contributed by atoms with Crippen molar-refractivity contribution >= 4 is 11.6 Å². The molecule has 2 atom stereocenters. The first-order valence-electron chi connectivity index (χ1n) is 7.14. The first kappa shape index (κ1) is 13.3. The van der Waals surface area contributed by atoms with Crippen molar-refractivity contribution in [2.24, 2.45) is 5.41 Å². The monoisotopic (exact) mass is 280 g/mol. The summed E-state index contributed by atoms with van der Waals surface area (Å²) in [6, 6.07) is 4.01. The Labute approximate surface area is 119 Å². The van der Waals surface area contributed by atoms with Gasteiger partial charge in [0.2, 0.25) is 0 Å². The molecule has 2 fully saturated rings. The summed E-state index contributed by atoms with van der Waals surface area (Å²) in [7, 11) is 0. The fraction of sp³-hybridized carbons (Fsp3) is 0.625. The summed E-state index contributed by atoms with van der Waals surface area (Å²) in [5, 5.41) is 10.9. The Bertz CT molecular complexity index is 469. The second-order valence-electron chi connectivity index (χ2n) is 6.17. The van der Waals surface area contributed by atoms with Crippen LogP contribution in [-0.4, -0.2) is 17.3 Å². The molecule has 0 aromatic heterocycles. The lowest BCUT2D eigenvalue weighted by molar-refractivity contribution is -0.152. The maximum Gasteiger partial charge on any atom is 0.120 e. The molecule has 0 aliphatic heterocycles. The van der Waals surface area contributed by atoms with Crippen molar-refractivity contribution in [1.29, 1.82) is 0 Å². The average molecular weight is 281 g/mol. The van der Waals surface area contributed by atoms with Crippen LogP contribution in [0.25, 0.3) is 0 Å². The first-order valence-corrected chi connectivity index (χ1v) is 7.52. The van der Waals surface area contributed by atoms with Gasteiger partial charge in [-0.1, -0.05) is 24.4 Å². The highest BCUT2D eigenvalue weighted by Gasteiger charge is 2.57. The Morgan fingerprint density at radius 1 is 1.21 bits per heavy atom. The molecule has 0 amide bonds. The second-order valence-corrected chi connectivity index (χ2v) is 6.55. The molecule has 2 aliphatic carbocycles. The van der Waals surface area contributed by atoms with Crippen molar-refractivity contribution in [1.82, 2.24) is 0 Å². The topological polar surface area (TPSA) is 29.5 Å². The Hall–Kier alpha value is -0.730. The van der Waals surface area contributed by atoms with E-state index in [4.69, 9.17) is 16.3 Å².